The first-order valence-electron chi connectivity index (χ1n) is 8.93. The van der Waals surface area contributed by atoms with Gasteiger partial charge in [0, 0.05) is 12.0 Å². The second-order valence-corrected chi connectivity index (χ2v) is 7.37. The van der Waals surface area contributed by atoms with Crippen LogP contribution in [0, 0.1) is 27.7 Å². The second kappa shape index (κ2) is 9.06. The molecule has 0 aromatic heterocycles. The highest BCUT2D eigenvalue weighted by molar-refractivity contribution is 5.51. The van der Waals surface area contributed by atoms with E-state index in [0.717, 1.165) is 22.3 Å². The molecule has 0 heterocycles. The van der Waals surface area contributed by atoms with E-state index in [1.807, 2.05) is 52.0 Å². The average molecular weight is 360 g/mol. The molecular weight excluding hydrogens is 326 g/mol. The Morgan fingerprint density at radius 2 is 1.08 bits per heavy atom. The summed E-state index contributed by atoms with van der Waals surface area (Å²) in [5.41, 5.74) is 5.72. The molecule has 4 nitrogen and oxygen atoms in total. The highest BCUT2D eigenvalue weighted by Gasteiger charge is 2.25. The quantitative estimate of drug-likeness (QED) is 0.669. The molecular formula is C22H33NO3. The largest absolute Gasteiger partial charge is 0.507 e. The Bertz CT molecular complexity index is 644. The predicted octanol–water partition coefficient (Wildman–Crippen LogP) is 3.86. The van der Waals surface area contributed by atoms with Crippen molar-refractivity contribution in [2.45, 2.75) is 47.0 Å². The maximum absolute atomic E-state index is 9.96. The van der Waals surface area contributed by atoms with Crippen molar-refractivity contribution in [3.05, 3.63) is 57.6 Å². The van der Waals surface area contributed by atoms with Gasteiger partial charge in [-0.25, -0.2) is 0 Å². The number of phenolic OH excluding ortho intramolecular Hbond substituents is 2. The van der Waals surface area contributed by atoms with Gasteiger partial charge in [-0.1, -0.05) is 38.1 Å². The molecule has 2 rings (SSSR count). The van der Waals surface area contributed by atoms with Gasteiger partial charge in [0.1, 0.15) is 11.5 Å². The van der Waals surface area contributed by atoms with Crippen molar-refractivity contribution in [1.29, 1.82) is 0 Å². The van der Waals surface area contributed by atoms with Crippen LogP contribution in [0.25, 0.3) is 0 Å². The van der Waals surface area contributed by atoms with Crippen molar-refractivity contribution in [1.82, 2.24) is 5.32 Å². The van der Waals surface area contributed by atoms with Crippen LogP contribution >= 0.6 is 0 Å². The summed E-state index contributed by atoms with van der Waals surface area (Å²) in [4.78, 5) is 0. The Labute approximate surface area is 157 Å². The molecule has 0 fully saturated rings. The van der Waals surface area contributed by atoms with Crippen molar-refractivity contribution in [3.8, 4) is 11.5 Å². The van der Waals surface area contributed by atoms with Gasteiger partial charge in [-0.2, -0.15) is 0 Å². The lowest BCUT2D eigenvalue weighted by Gasteiger charge is -2.28. The minimum absolute atomic E-state index is 0.188. The summed E-state index contributed by atoms with van der Waals surface area (Å²) in [7, 11) is 1.80. The zero-order valence-electron chi connectivity index (χ0n) is 17.1. The van der Waals surface area contributed by atoms with Crippen molar-refractivity contribution in [3.63, 3.8) is 0 Å². The van der Waals surface area contributed by atoms with Gasteiger partial charge in [0.15, 0.2) is 0 Å². The summed E-state index contributed by atoms with van der Waals surface area (Å²) < 4.78 is 0. The van der Waals surface area contributed by atoms with E-state index in [4.69, 9.17) is 5.11 Å². The van der Waals surface area contributed by atoms with Crippen LogP contribution in [0.3, 0.4) is 0 Å². The fourth-order valence-corrected chi connectivity index (χ4v) is 2.91. The Balaban J connectivity index is 0.000000597. The topological polar surface area (TPSA) is 72.7 Å². The molecule has 4 N–H and O–H groups in total. The fraction of sp³-hybridized carbons (Fsp3) is 0.455. The van der Waals surface area contributed by atoms with Crippen LogP contribution in [0.2, 0.25) is 0 Å². The summed E-state index contributed by atoms with van der Waals surface area (Å²) >= 11 is 0. The number of aryl methyl sites for hydroxylation is 4. The third-order valence-corrected chi connectivity index (χ3v) is 4.79. The van der Waals surface area contributed by atoms with Gasteiger partial charge in [0.25, 0.3) is 0 Å². The van der Waals surface area contributed by atoms with Gasteiger partial charge in [-0.05, 0) is 68.1 Å². The minimum atomic E-state index is -0.188. The Kier molecular flexibility index (Phi) is 7.67. The third-order valence-electron chi connectivity index (χ3n) is 4.79. The minimum Gasteiger partial charge on any atom is -0.507 e. The van der Waals surface area contributed by atoms with Gasteiger partial charge < -0.3 is 20.6 Å². The number of likely N-dealkylation sites (N-methyl/N-ethyl adjacent to an activating group) is 1. The number of nitrogens with one attached hydrogen (secondary N) is 1. The summed E-state index contributed by atoms with van der Waals surface area (Å²) in [6.07, 6.45) is 0. The van der Waals surface area contributed by atoms with Gasteiger partial charge >= 0.3 is 0 Å². The van der Waals surface area contributed by atoms with E-state index in [9.17, 15) is 10.2 Å². The third kappa shape index (κ3) is 4.99. The van der Waals surface area contributed by atoms with Crippen LogP contribution in [-0.2, 0) is 5.41 Å². The smallest absolute Gasteiger partial charge is 0.121 e. The molecule has 2 aromatic rings. The van der Waals surface area contributed by atoms with Crippen LogP contribution in [-0.4, -0.2) is 35.5 Å². The molecule has 4 heteroatoms. The average Bonchev–Trinajstić information content (AvgIpc) is 2.57. The molecule has 0 radical (unpaired) electrons. The summed E-state index contributed by atoms with van der Waals surface area (Å²) in [5, 5.41) is 30.7. The molecule has 0 aliphatic rings. The summed E-state index contributed by atoms with van der Waals surface area (Å²) in [6, 6.07) is 8.17. The van der Waals surface area contributed by atoms with E-state index >= 15 is 0 Å². The molecule has 2 aromatic carbocycles. The van der Waals surface area contributed by atoms with Crippen molar-refractivity contribution < 1.29 is 15.3 Å². The molecule has 26 heavy (non-hydrogen) atoms. The molecule has 0 amide bonds. The molecule has 0 saturated carbocycles. The first-order valence-corrected chi connectivity index (χ1v) is 8.93. The van der Waals surface area contributed by atoms with Crippen molar-refractivity contribution >= 4 is 0 Å². The summed E-state index contributed by atoms with van der Waals surface area (Å²) in [5.74, 6) is 0.736. The number of phenols is 2. The molecule has 0 atom stereocenters. The lowest BCUT2D eigenvalue weighted by Crippen LogP contribution is -2.19. The highest BCUT2D eigenvalue weighted by atomic mass is 16.3. The molecule has 0 saturated heterocycles. The lowest BCUT2D eigenvalue weighted by atomic mass is 9.76. The van der Waals surface area contributed by atoms with Crippen LogP contribution in [0.1, 0.15) is 47.2 Å². The Hall–Kier alpha value is -2.04. The van der Waals surface area contributed by atoms with E-state index in [0.29, 0.717) is 18.0 Å². The number of hydrogen-bond donors (Lipinski definition) is 4. The monoisotopic (exact) mass is 359 g/mol. The normalized spacial score (nSPS) is 11.1. The van der Waals surface area contributed by atoms with Crippen LogP contribution in [0.5, 0.6) is 11.5 Å². The number of aliphatic hydroxyl groups is 1. The van der Waals surface area contributed by atoms with Gasteiger partial charge in [-0.3, -0.25) is 0 Å². The summed E-state index contributed by atoms with van der Waals surface area (Å²) in [6.45, 7) is 13.0. The molecule has 0 bridgehead atoms. The molecule has 144 valence electrons. The van der Waals surface area contributed by atoms with E-state index < -0.39 is 0 Å². The highest BCUT2D eigenvalue weighted by Crippen LogP contribution is 2.37. The standard InChI is InChI=1S/C19H24O2.C3H9NO/c1-11-7-15(8-12(2)17(11)20)19(5,6)16-9-13(3)18(21)14(4)10-16;1-4-2-3-5/h7-10,20-21H,1-6H3;4-5H,2-3H2,1H3. The number of aromatic hydroxyl groups is 2. The maximum Gasteiger partial charge on any atom is 0.121 e. The maximum atomic E-state index is 9.96. The van der Waals surface area contributed by atoms with E-state index in [1.165, 1.54) is 11.1 Å². The number of hydrogen-bond acceptors (Lipinski definition) is 4. The Morgan fingerprint density at radius 1 is 0.769 bits per heavy atom. The number of rotatable bonds is 4. The predicted molar refractivity (Wildman–Crippen MR) is 108 cm³/mol. The van der Waals surface area contributed by atoms with Crippen molar-refractivity contribution in [2.24, 2.45) is 0 Å². The molecule has 0 unspecified atom stereocenters. The first kappa shape index (κ1) is 22.0. The lowest BCUT2D eigenvalue weighted by molar-refractivity contribution is 0.296. The first-order chi connectivity index (χ1) is 12.1. The molecule has 0 aliphatic heterocycles. The zero-order valence-corrected chi connectivity index (χ0v) is 17.1. The van der Waals surface area contributed by atoms with Gasteiger partial charge in [-0.15, -0.1) is 0 Å². The van der Waals surface area contributed by atoms with E-state index in [-0.39, 0.29) is 12.0 Å². The second-order valence-electron chi connectivity index (χ2n) is 7.37. The van der Waals surface area contributed by atoms with E-state index in [2.05, 4.69) is 19.2 Å². The zero-order chi connectivity index (χ0) is 20.1. The molecule has 0 aliphatic carbocycles. The van der Waals surface area contributed by atoms with Crippen LogP contribution in [0.4, 0.5) is 0 Å². The fourth-order valence-electron chi connectivity index (χ4n) is 2.91. The number of aliphatic hydroxyl groups excluding tert-OH is 1. The van der Waals surface area contributed by atoms with Crippen LogP contribution < -0.4 is 5.32 Å². The van der Waals surface area contributed by atoms with Gasteiger partial charge in [0.05, 0.1) is 6.61 Å². The van der Waals surface area contributed by atoms with Crippen LogP contribution in [0.15, 0.2) is 24.3 Å². The van der Waals surface area contributed by atoms with E-state index in [1.54, 1.807) is 7.05 Å². The van der Waals surface area contributed by atoms with Crippen molar-refractivity contribution in [2.75, 3.05) is 20.2 Å². The Morgan fingerprint density at radius 3 is 1.27 bits per heavy atom. The SMILES string of the molecule is CNCCO.Cc1cc(C(C)(C)c2cc(C)c(O)c(C)c2)cc(C)c1O. The van der Waals surface area contributed by atoms with Gasteiger partial charge in [0.2, 0.25) is 0 Å². The number of benzene rings is 2. The molecule has 0 spiro atoms.